The van der Waals surface area contributed by atoms with Gasteiger partial charge in [0.25, 0.3) is 0 Å². The first-order valence-corrected chi connectivity index (χ1v) is 13.7. The zero-order valence-electron chi connectivity index (χ0n) is 22.7. The van der Waals surface area contributed by atoms with E-state index in [2.05, 4.69) is 10.6 Å². The van der Waals surface area contributed by atoms with Gasteiger partial charge in [0, 0.05) is 32.1 Å². The van der Waals surface area contributed by atoms with Gasteiger partial charge < -0.3 is 77.4 Å². The molecule has 16 nitrogen and oxygen atoms in total. The number of carbonyl (C=O) groups excluding carboxylic acids is 1. The maximum Gasteiger partial charge on any atom is 0.250 e. The van der Waals surface area contributed by atoms with E-state index in [1.165, 1.54) is 6.92 Å². The van der Waals surface area contributed by atoms with Crippen LogP contribution in [0.1, 0.15) is 32.6 Å². The quantitative estimate of drug-likeness (QED) is 0.102. The molecule has 0 aromatic carbocycles. The molecule has 13 atom stereocenters. The average molecular weight is 582 g/mol. The van der Waals surface area contributed by atoms with E-state index < -0.39 is 78.8 Å². The Hall–Kier alpha value is -1.09. The summed E-state index contributed by atoms with van der Waals surface area (Å²) in [6.07, 6.45) is -8.63. The summed E-state index contributed by atoms with van der Waals surface area (Å²) in [6, 6.07) is -2.25. The molecule has 1 aliphatic carbocycles. The Kier molecular flexibility index (Phi) is 12.4. The van der Waals surface area contributed by atoms with Crippen LogP contribution in [0.3, 0.4) is 0 Å². The normalized spacial score (nSPS) is 42.2. The molecule has 14 N–H and O–H groups in total. The average Bonchev–Trinajstić information content (AvgIpc) is 2.90. The van der Waals surface area contributed by atoms with Crippen molar-refractivity contribution in [3.63, 3.8) is 0 Å². The van der Waals surface area contributed by atoms with Gasteiger partial charge in [-0.05, 0) is 26.2 Å². The van der Waals surface area contributed by atoms with E-state index in [1.807, 2.05) is 0 Å². The predicted molar refractivity (Wildman–Crippen MR) is 138 cm³/mol. The van der Waals surface area contributed by atoms with Crippen molar-refractivity contribution >= 4 is 5.91 Å². The van der Waals surface area contributed by atoms with Crippen molar-refractivity contribution in [3.8, 4) is 0 Å². The molecule has 234 valence electrons. The molecule has 1 amide bonds. The van der Waals surface area contributed by atoms with Crippen LogP contribution in [0.2, 0.25) is 0 Å². The second-order valence-corrected chi connectivity index (χ2v) is 11.3. The lowest BCUT2D eigenvalue weighted by Crippen LogP contribution is -2.67. The van der Waals surface area contributed by atoms with E-state index in [0.29, 0.717) is 19.4 Å². The molecule has 2 saturated heterocycles. The number of carbonyl (C=O) groups is 1. The van der Waals surface area contributed by atoms with Crippen molar-refractivity contribution in [3.05, 3.63) is 0 Å². The number of rotatable bonds is 12. The van der Waals surface area contributed by atoms with Crippen molar-refractivity contribution in [1.29, 1.82) is 0 Å². The van der Waals surface area contributed by atoms with Crippen LogP contribution in [0, 0.1) is 0 Å². The first-order chi connectivity index (χ1) is 18.8. The highest BCUT2D eigenvalue weighted by Crippen LogP contribution is 2.32. The standard InChI is InChI=1S/C24H47N5O11/c1-24(36)5-16(32)23(37-10-24)40-20-15(29-21(35)17(33)6-25)4-14(27)19(18(20)34)39-22-13(26)3-2-12(38-22)8-28-7-11(31)9-30/h11-20,22-23,28,30-34,36H,2-10,25-27H2,1H3,(H,29,35)/t11-,12-,13?,14-,15+,16?,17-,18?,19?,20?,22+,23+,24?/m0/s1. The highest BCUT2D eigenvalue weighted by atomic mass is 16.7. The fourth-order valence-corrected chi connectivity index (χ4v) is 5.17. The summed E-state index contributed by atoms with van der Waals surface area (Å²) in [5.41, 5.74) is 16.7. The van der Waals surface area contributed by atoms with Crippen molar-refractivity contribution in [1.82, 2.24) is 10.6 Å². The van der Waals surface area contributed by atoms with E-state index in [9.17, 15) is 30.3 Å². The van der Waals surface area contributed by atoms with Crippen molar-refractivity contribution in [2.45, 2.75) is 112 Å². The SMILES string of the molecule is CC1(O)CO[C@H](OC2C(O)C(O[C@H]3O[C@H](CNC[C@H](O)CO)CCC3N)[C@@H](N)C[C@H]2NC(=O)[C@@H](O)CN)C(O)C1. The lowest BCUT2D eigenvalue weighted by atomic mass is 9.83. The second-order valence-electron chi connectivity index (χ2n) is 11.3. The summed E-state index contributed by atoms with van der Waals surface area (Å²) in [5, 5.41) is 66.1. The lowest BCUT2D eigenvalue weighted by Gasteiger charge is -2.47. The summed E-state index contributed by atoms with van der Waals surface area (Å²) in [4.78, 5) is 12.4. The lowest BCUT2D eigenvalue weighted by molar-refractivity contribution is -0.302. The monoisotopic (exact) mass is 581 g/mol. The molecule has 0 bridgehead atoms. The zero-order valence-corrected chi connectivity index (χ0v) is 22.7. The van der Waals surface area contributed by atoms with Gasteiger partial charge in [0.15, 0.2) is 12.6 Å². The molecule has 0 spiro atoms. The third-order valence-corrected chi connectivity index (χ3v) is 7.44. The van der Waals surface area contributed by atoms with Crippen molar-refractivity contribution in [2.75, 3.05) is 32.8 Å². The molecule has 2 aliphatic heterocycles. The Balaban J connectivity index is 1.71. The molecule has 2 heterocycles. The van der Waals surface area contributed by atoms with E-state index >= 15 is 0 Å². The minimum atomic E-state index is -1.49. The van der Waals surface area contributed by atoms with Crippen LogP contribution in [-0.2, 0) is 23.7 Å². The maximum atomic E-state index is 12.4. The highest BCUT2D eigenvalue weighted by Gasteiger charge is 2.49. The Bertz CT molecular complexity index is 798. The minimum Gasteiger partial charge on any atom is -0.394 e. The van der Waals surface area contributed by atoms with E-state index in [-0.39, 0.29) is 45.2 Å². The molecule has 3 fully saturated rings. The summed E-state index contributed by atoms with van der Waals surface area (Å²) in [7, 11) is 0. The Morgan fingerprint density at radius 1 is 1.12 bits per heavy atom. The summed E-state index contributed by atoms with van der Waals surface area (Å²) in [5.74, 6) is -0.785. The first-order valence-electron chi connectivity index (χ1n) is 13.7. The molecule has 1 saturated carbocycles. The van der Waals surface area contributed by atoms with Crippen LogP contribution < -0.4 is 27.8 Å². The smallest absolute Gasteiger partial charge is 0.250 e. The van der Waals surface area contributed by atoms with Gasteiger partial charge >= 0.3 is 0 Å². The van der Waals surface area contributed by atoms with Gasteiger partial charge in [-0.3, -0.25) is 4.79 Å². The Morgan fingerprint density at radius 2 is 1.82 bits per heavy atom. The molecular weight excluding hydrogens is 534 g/mol. The number of aliphatic hydroxyl groups is 6. The van der Waals surface area contributed by atoms with E-state index in [4.69, 9.17) is 41.3 Å². The molecule has 3 aliphatic rings. The topological polar surface area (TPSA) is 277 Å². The van der Waals surface area contributed by atoms with Gasteiger partial charge in [-0.2, -0.15) is 0 Å². The highest BCUT2D eigenvalue weighted by molar-refractivity contribution is 5.81. The third-order valence-electron chi connectivity index (χ3n) is 7.44. The van der Waals surface area contributed by atoms with Crippen LogP contribution in [0.5, 0.6) is 0 Å². The largest absolute Gasteiger partial charge is 0.394 e. The molecule has 0 radical (unpaired) electrons. The minimum absolute atomic E-state index is 0.0433. The van der Waals surface area contributed by atoms with Crippen LogP contribution in [-0.4, -0.2) is 148 Å². The van der Waals surface area contributed by atoms with Gasteiger partial charge in [0.1, 0.15) is 30.5 Å². The fraction of sp³-hybridized carbons (Fsp3) is 0.958. The molecule has 16 heteroatoms. The Labute approximate surface area is 233 Å². The molecular formula is C24H47N5O11. The fourth-order valence-electron chi connectivity index (χ4n) is 5.17. The van der Waals surface area contributed by atoms with Crippen LogP contribution in [0.15, 0.2) is 0 Å². The molecule has 6 unspecified atom stereocenters. The number of ether oxygens (including phenoxy) is 4. The number of amides is 1. The number of hydrogen-bond donors (Lipinski definition) is 11. The number of nitrogens with two attached hydrogens (primary N) is 3. The number of hydrogen-bond acceptors (Lipinski definition) is 15. The number of aliphatic hydroxyl groups excluding tert-OH is 5. The Morgan fingerprint density at radius 3 is 2.48 bits per heavy atom. The zero-order chi connectivity index (χ0) is 29.6. The molecule has 40 heavy (non-hydrogen) atoms. The summed E-state index contributed by atoms with van der Waals surface area (Å²) in [6.45, 7) is 1.23. The van der Waals surface area contributed by atoms with Gasteiger partial charge in [-0.15, -0.1) is 0 Å². The third kappa shape index (κ3) is 8.95. The molecule has 3 rings (SSSR count). The maximum absolute atomic E-state index is 12.4. The van der Waals surface area contributed by atoms with Gasteiger partial charge in [-0.25, -0.2) is 0 Å². The van der Waals surface area contributed by atoms with Crippen LogP contribution in [0.25, 0.3) is 0 Å². The van der Waals surface area contributed by atoms with Gasteiger partial charge in [0.2, 0.25) is 5.91 Å². The molecule has 0 aromatic rings. The van der Waals surface area contributed by atoms with E-state index in [0.717, 1.165) is 0 Å². The number of nitrogens with one attached hydrogen (secondary N) is 2. The van der Waals surface area contributed by atoms with Gasteiger partial charge in [-0.1, -0.05) is 0 Å². The summed E-state index contributed by atoms with van der Waals surface area (Å²) >= 11 is 0. The van der Waals surface area contributed by atoms with Crippen LogP contribution in [0.4, 0.5) is 0 Å². The van der Waals surface area contributed by atoms with Crippen molar-refractivity contribution in [2.24, 2.45) is 17.2 Å². The predicted octanol–water partition coefficient (Wildman–Crippen LogP) is -5.71. The van der Waals surface area contributed by atoms with Crippen molar-refractivity contribution < 1.29 is 54.4 Å². The van der Waals surface area contributed by atoms with Crippen LogP contribution >= 0.6 is 0 Å². The molecule has 0 aromatic heterocycles. The first kappa shape index (κ1) is 33.4. The second kappa shape index (κ2) is 14.9. The van der Waals surface area contributed by atoms with E-state index in [1.54, 1.807) is 0 Å². The summed E-state index contributed by atoms with van der Waals surface area (Å²) < 4.78 is 23.6. The van der Waals surface area contributed by atoms with Gasteiger partial charge in [0.05, 0.1) is 43.1 Å².